The molecule has 112 valence electrons. The molecule has 0 aliphatic carbocycles. The zero-order valence-corrected chi connectivity index (χ0v) is 12.7. The first-order valence-electron chi connectivity index (χ1n) is 7.42. The van der Waals surface area contributed by atoms with E-state index in [2.05, 4.69) is 24.1 Å². The molecule has 0 radical (unpaired) electrons. The highest BCUT2D eigenvalue weighted by atomic mass is 19.1. The summed E-state index contributed by atoms with van der Waals surface area (Å²) in [4.78, 5) is 2.40. The standard InChI is InChI=1S/C16H25FN2O/c1-4-12(2)15-11-19(8-7-18-15)10-13-5-6-16(20-3)14(17)9-13/h5-6,9,12,15,18H,4,7-8,10-11H2,1-3H3. The highest BCUT2D eigenvalue weighted by Gasteiger charge is 2.23. The number of halogens is 1. The van der Waals surface area contributed by atoms with Crippen LogP contribution in [0, 0.1) is 11.7 Å². The van der Waals surface area contributed by atoms with E-state index in [1.54, 1.807) is 12.1 Å². The molecule has 3 nitrogen and oxygen atoms in total. The third-order valence-electron chi connectivity index (χ3n) is 4.24. The average molecular weight is 280 g/mol. The molecule has 2 rings (SSSR count). The molecule has 0 aromatic heterocycles. The van der Waals surface area contributed by atoms with E-state index in [0.29, 0.717) is 17.7 Å². The average Bonchev–Trinajstić information content (AvgIpc) is 2.47. The summed E-state index contributed by atoms with van der Waals surface area (Å²) in [7, 11) is 1.49. The van der Waals surface area contributed by atoms with Crippen molar-refractivity contribution in [2.24, 2.45) is 5.92 Å². The summed E-state index contributed by atoms with van der Waals surface area (Å²) in [6.07, 6.45) is 1.18. The molecule has 4 heteroatoms. The topological polar surface area (TPSA) is 24.5 Å². The Morgan fingerprint density at radius 2 is 2.30 bits per heavy atom. The van der Waals surface area contributed by atoms with Gasteiger partial charge in [-0.2, -0.15) is 0 Å². The van der Waals surface area contributed by atoms with Crippen LogP contribution in [0.4, 0.5) is 4.39 Å². The first kappa shape index (κ1) is 15.3. The predicted molar refractivity (Wildman–Crippen MR) is 79.5 cm³/mol. The maximum Gasteiger partial charge on any atom is 0.165 e. The number of hydrogen-bond acceptors (Lipinski definition) is 3. The quantitative estimate of drug-likeness (QED) is 0.897. The number of hydrogen-bond donors (Lipinski definition) is 1. The minimum absolute atomic E-state index is 0.279. The van der Waals surface area contributed by atoms with Gasteiger partial charge in [-0.3, -0.25) is 4.90 Å². The molecule has 1 aliphatic heterocycles. The Labute approximate surface area is 121 Å². The number of ether oxygens (including phenoxy) is 1. The molecule has 2 unspecified atom stereocenters. The van der Waals surface area contributed by atoms with Crippen LogP contribution in [0.15, 0.2) is 18.2 Å². The second kappa shape index (κ2) is 7.04. The van der Waals surface area contributed by atoms with Crippen LogP contribution in [0.25, 0.3) is 0 Å². The smallest absolute Gasteiger partial charge is 0.165 e. The fourth-order valence-corrected chi connectivity index (χ4v) is 2.72. The number of nitrogens with zero attached hydrogens (tertiary/aromatic N) is 1. The molecule has 1 aromatic rings. The fourth-order valence-electron chi connectivity index (χ4n) is 2.72. The van der Waals surface area contributed by atoms with Crippen molar-refractivity contribution < 1.29 is 9.13 Å². The zero-order valence-electron chi connectivity index (χ0n) is 12.7. The number of methoxy groups -OCH3 is 1. The maximum absolute atomic E-state index is 13.7. The lowest BCUT2D eigenvalue weighted by molar-refractivity contribution is 0.162. The summed E-state index contributed by atoms with van der Waals surface area (Å²) >= 11 is 0. The molecule has 0 amide bonds. The summed E-state index contributed by atoms with van der Waals surface area (Å²) in [5.41, 5.74) is 1.01. The molecule has 20 heavy (non-hydrogen) atoms. The molecule has 1 aromatic carbocycles. The Balaban J connectivity index is 1.97. The third kappa shape index (κ3) is 3.70. The van der Waals surface area contributed by atoms with Gasteiger partial charge in [0.25, 0.3) is 0 Å². The van der Waals surface area contributed by atoms with Crippen LogP contribution >= 0.6 is 0 Å². The zero-order chi connectivity index (χ0) is 14.5. The number of nitrogens with one attached hydrogen (secondary N) is 1. The van der Waals surface area contributed by atoms with Gasteiger partial charge >= 0.3 is 0 Å². The molecule has 1 aliphatic rings. The van der Waals surface area contributed by atoms with E-state index in [4.69, 9.17) is 4.74 Å². The van der Waals surface area contributed by atoms with E-state index in [1.807, 2.05) is 6.07 Å². The van der Waals surface area contributed by atoms with Crippen LogP contribution in [-0.2, 0) is 6.54 Å². The number of piperazine rings is 1. The van der Waals surface area contributed by atoms with Crippen molar-refractivity contribution in [1.82, 2.24) is 10.2 Å². The second-order valence-electron chi connectivity index (χ2n) is 5.65. The molecule has 0 bridgehead atoms. The lowest BCUT2D eigenvalue weighted by Crippen LogP contribution is -2.52. The normalized spacial score (nSPS) is 21.7. The third-order valence-corrected chi connectivity index (χ3v) is 4.24. The Morgan fingerprint density at radius 1 is 1.50 bits per heavy atom. The number of rotatable bonds is 5. The first-order valence-corrected chi connectivity index (χ1v) is 7.42. The van der Waals surface area contributed by atoms with Gasteiger partial charge in [0, 0.05) is 32.2 Å². The molecule has 1 N–H and O–H groups in total. The molecular formula is C16H25FN2O. The van der Waals surface area contributed by atoms with E-state index in [-0.39, 0.29) is 5.82 Å². The van der Waals surface area contributed by atoms with Crippen molar-refractivity contribution in [2.75, 3.05) is 26.7 Å². The molecule has 0 saturated carbocycles. The van der Waals surface area contributed by atoms with Gasteiger partial charge in [-0.1, -0.05) is 26.3 Å². The van der Waals surface area contributed by atoms with Gasteiger partial charge in [0.05, 0.1) is 7.11 Å². The first-order chi connectivity index (χ1) is 9.63. The van der Waals surface area contributed by atoms with E-state index in [9.17, 15) is 4.39 Å². The van der Waals surface area contributed by atoms with E-state index in [1.165, 1.54) is 13.5 Å². The van der Waals surface area contributed by atoms with Crippen molar-refractivity contribution >= 4 is 0 Å². The van der Waals surface area contributed by atoms with Gasteiger partial charge in [0.1, 0.15) is 0 Å². The van der Waals surface area contributed by atoms with Crippen LogP contribution in [0.5, 0.6) is 5.75 Å². The number of benzene rings is 1. The fraction of sp³-hybridized carbons (Fsp3) is 0.625. The summed E-state index contributed by atoms with van der Waals surface area (Å²) < 4.78 is 18.7. The minimum atomic E-state index is -0.279. The van der Waals surface area contributed by atoms with Crippen molar-refractivity contribution in [2.45, 2.75) is 32.9 Å². The Bertz CT molecular complexity index is 438. The van der Waals surface area contributed by atoms with Crippen molar-refractivity contribution in [3.05, 3.63) is 29.6 Å². The molecule has 1 saturated heterocycles. The van der Waals surface area contributed by atoms with Crippen LogP contribution < -0.4 is 10.1 Å². The lowest BCUT2D eigenvalue weighted by Gasteiger charge is -2.36. The van der Waals surface area contributed by atoms with Gasteiger partial charge in [0.2, 0.25) is 0 Å². The van der Waals surface area contributed by atoms with Crippen molar-refractivity contribution in [3.8, 4) is 5.75 Å². The Hall–Kier alpha value is -1.13. The Kier molecular flexibility index (Phi) is 5.38. The van der Waals surface area contributed by atoms with Crippen LogP contribution in [0.1, 0.15) is 25.8 Å². The van der Waals surface area contributed by atoms with E-state index in [0.717, 1.165) is 31.7 Å². The molecule has 2 atom stereocenters. The molecule has 1 heterocycles. The van der Waals surface area contributed by atoms with E-state index >= 15 is 0 Å². The minimum Gasteiger partial charge on any atom is -0.494 e. The van der Waals surface area contributed by atoms with Gasteiger partial charge in [0.15, 0.2) is 11.6 Å². The van der Waals surface area contributed by atoms with Gasteiger partial charge in [-0.05, 0) is 23.6 Å². The van der Waals surface area contributed by atoms with Gasteiger partial charge in [-0.25, -0.2) is 4.39 Å². The van der Waals surface area contributed by atoms with E-state index < -0.39 is 0 Å². The second-order valence-corrected chi connectivity index (χ2v) is 5.65. The van der Waals surface area contributed by atoms with Gasteiger partial charge < -0.3 is 10.1 Å². The SMILES string of the molecule is CCC(C)C1CN(Cc2ccc(OC)c(F)c2)CCN1. The Morgan fingerprint density at radius 3 is 2.95 bits per heavy atom. The molecule has 1 fully saturated rings. The molecular weight excluding hydrogens is 255 g/mol. The lowest BCUT2D eigenvalue weighted by atomic mass is 9.97. The van der Waals surface area contributed by atoms with Crippen LogP contribution in [-0.4, -0.2) is 37.7 Å². The summed E-state index contributed by atoms with van der Waals surface area (Å²) in [5.74, 6) is 0.704. The largest absolute Gasteiger partial charge is 0.494 e. The van der Waals surface area contributed by atoms with Crippen molar-refractivity contribution in [3.63, 3.8) is 0 Å². The highest BCUT2D eigenvalue weighted by molar-refractivity contribution is 5.29. The summed E-state index contributed by atoms with van der Waals surface area (Å²) in [6.45, 7) is 8.37. The van der Waals surface area contributed by atoms with Crippen LogP contribution in [0.3, 0.4) is 0 Å². The summed E-state index contributed by atoms with van der Waals surface area (Å²) in [6, 6.07) is 5.78. The van der Waals surface area contributed by atoms with Crippen LogP contribution in [0.2, 0.25) is 0 Å². The summed E-state index contributed by atoms with van der Waals surface area (Å²) in [5, 5.41) is 3.58. The maximum atomic E-state index is 13.7. The monoisotopic (exact) mass is 280 g/mol. The molecule has 0 spiro atoms. The predicted octanol–water partition coefficient (Wildman–Crippen LogP) is 2.65. The van der Waals surface area contributed by atoms with Gasteiger partial charge in [-0.15, -0.1) is 0 Å². The van der Waals surface area contributed by atoms with Crippen molar-refractivity contribution in [1.29, 1.82) is 0 Å². The highest BCUT2D eigenvalue weighted by Crippen LogP contribution is 2.20.